The van der Waals surface area contributed by atoms with Crippen molar-refractivity contribution >= 4 is 5.91 Å². The number of hydrogen-bond acceptors (Lipinski definition) is 2. The molecule has 1 amide bonds. The van der Waals surface area contributed by atoms with Gasteiger partial charge in [-0.2, -0.15) is 0 Å². The maximum absolute atomic E-state index is 13.7. The van der Waals surface area contributed by atoms with Crippen molar-refractivity contribution in [3.8, 4) is 0 Å². The van der Waals surface area contributed by atoms with E-state index in [1.807, 2.05) is 0 Å². The third-order valence-electron chi connectivity index (χ3n) is 6.50. The van der Waals surface area contributed by atoms with Crippen molar-refractivity contribution in [2.24, 2.45) is 29.6 Å². The molecule has 2 fully saturated rings. The lowest BCUT2D eigenvalue weighted by Crippen LogP contribution is -2.50. The molecule has 0 aromatic carbocycles. The second kappa shape index (κ2) is 7.76. The highest BCUT2D eigenvalue weighted by Crippen LogP contribution is 2.40. The summed E-state index contributed by atoms with van der Waals surface area (Å²) in [6.07, 6.45) is 3.72. The molecule has 2 saturated heterocycles. The zero-order chi connectivity index (χ0) is 18.2. The van der Waals surface area contributed by atoms with E-state index in [0.717, 1.165) is 19.3 Å². The number of ether oxygens (including phenoxy) is 1. The Kier molecular flexibility index (Phi) is 6.39. The summed E-state index contributed by atoms with van der Waals surface area (Å²) in [5.74, 6) is 2.51. The summed E-state index contributed by atoms with van der Waals surface area (Å²) in [5, 5.41) is 0. The fourth-order valence-electron chi connectivity index (χ4n) is 5.18. The molecule has 0 saturated carbocycles. The van der Waals surface area contributed by atoms with Gasteiger partial charge in [0.2, 0.25) is 5.91 Å². The van der Waals surface area contributed by atoms with Crippen molar-refractivity contribution in [3.63, 3.8) is 0 Å². The second-order valence-electron chi connectivity index (χ2n) is 9.27. The summed E-state index contributed by atoms with van der Waals surface area (Å²) in [4.78, 5) is 15.9. The van der Waals surface area contributed by atoms with Crippen LogP contribution < -0.4 is 0 Å². The van der Waals surface area contributed by atoms with Crippen molar-refractivity contribution in [2.45, 2.75) is 98.9 Å². The molecular weight excluding hydrogens is 298 g/mol. The first-order valence-electron chi connectivity index (χ1n) is 10.1. The molecule has 0 spiro atoms. The molecule has 3 nitrogen and oxygen atoms in total. The standard InChI is InChI=1S/C21H39NO2/c1-12(2)19-9-14(5)17(8)22(19)21(23)20(13(3)4)18-10-15(6)24-16(7)11-18/h12-20H,9-11H2,1-8H3/t14?,15?,16?,17?,18?,19-,20?/m0/s1. The van der Waals surface area contributed by atoms with Gasteiger partial charge in [-0.3, -0.25) is 4.79 Å². The molecule has 0 N–H and O–H groups in total. The van der Waals surface area contributed by atoms with Gasteiger partial charge in [0.25, 0.3) is 0 Å². The smallest absolute Gasteiger partial charge is 0.226 e. The highest BCUT2D eigenvalue weighted by molar-refractivity contribution is 5.80. The Labute approximate surface area is 149 Å². The largest absolute Gasteiger partial charge is 0.376 e. The number of hydrogen-bond donors (Lipinski definition) is 0. The molecular formula is C21H39NO2. The van der Waals surface area contributed by atoms with Gasteiger partial charge in [-0.15, -0.1) is 0 Å². The van der Waals surface area contributed by atoms with E-state index in [0.29, 0.717) is 41.7 Å². The highest BCUT2D eigenvalue weighted by atomic mass is 16.5. The SMILES string of the molecule is CC1CC(C(C(=O)N2C(C)C(C)C[C@H]2C(C)C)C(C)C)CC(C)O1. The Hall–Kier alpha value is -0.570. The Morgan fingerprint density at radius 1 is 0.958 bits per heavy atom. The Bertz CT molecular complexity index is 424. The van der Waals surface area contributed by atoms with Crippen LogP contribution in [-0.4, -0.2) is 35.1 Å². The average Bonchev–Trinajstić information content (AvgIpc) is 2.73. The van der Waals surface area contributed by atoms with E-state index in [1.54, 1.807) is 0 Å². The van der Waals surface area contributed by atoms with Gasteiger partial charge in [0, 0.05) is 18.0 Å². The molecule has 6 atom stereocenters. The molecule has 0 bridgehead atoms. The average molecular weight is 338 g/mol. The number of likely N-dealkylation sites (tertiary alicyclic amines) is 1. The summed E-state index contributed by atoms with van der Waals surface area (Å²) in [5.41, 5.74) is 0. The minimum Gasteiger partial charge on any atom is -0.376 e. The van der Waals surface area contributed by atoms with Crippen molar-refractivity contribution in [1.82, 2.24) is 4.90 Å². The van der Waals surface area contributed by atoms with Crippen LogP contribution in [0.15, 0.2) is 0 Å². The van der Waals surface area contributed by atoms with Crippen LogP contribution in [0.3, 0.4) is 0 Å². The monoisotopic (exact) mass is 337 g/mol. The van der Waals surface area contributed by atoms with Gasteiger partial charge in [-0.05, 0) is 63.7 Å². The van der Waals surface area contributed by atoms with Gasteiger partial charge in [0.1, 0.15) is 0 Å². The third-order valence-corrected chi connectivity index (χ3v) is 6.50. The van der Waals surface area contributed by atoms with Gasteiger partial charge < -0.3 is 9.64 Å². The van der Waals surface area contributed by atoms with E-state index in [9.17, 15) is 4.79 Å². The number of nitrogens with zero attached hydrogens (tertiary/aromatic N) is 1. The van der Waals surface area contributed by atoms with E-state index in [1.165, 1.54) is 0 Å². The van der Waals surface area contributed by atoms with Crippen molar-refractivity contribution in [1.29, 1.82) is 0 Å². The fourth-order valence-corrected chi connectivity index (χ4v) is 5.18. The zero-order valence-electron chi connectivity index (χ0n) is 17.1. The van der Waals surface area contributed by atoms with Crippen molar-refractivity contribution < 1.29 is 9.53 Å². The first kappa shape index (κ1) is 19.8. The van der Waals surface area contributed by atoms with Gasteiger partial charge in [-0.1, -0.05) is 34.6 Å². The predicted octanol–water partition coefficient (Wildman–Crippen LogP) is 4.74. The lowest BCUT2D eigenvalue weighted by atomic mass is 9.75. The highest BCUT2D eigenvalue weighted by Gasteiger charge is 2.45. The lowest BCUT2D eigenvalue weighted by Gasteiger charge is -2.42. The summed E-state index contributed by atoms with van der Waals surface area (Å²) in [6, 6.07) is 0.763. The molecule has 0 radical (unpaired) electrons. The van der Waals surface area contributed by atoms with Crippen LogP contribution in [0, 0.1) is 29.6 Å². The van der Waals surface area contributed by atoms with Crippen LogP contribution in [0.5, 0.6) is 0 Å². The van der Waals surface area contributed by atoms with Crippen LogP contribution >= 0.6 is 0 Å². The number of amides is 1. The second-order valence-corrected chi connectivity index (χ2v) is 9.27. The van der Waals surface area contributed by atoms with Crippen LogP contribution in [0.4, 0.5) is 0 Å². The third kappa shape index (κ3) is 3.98. The van der Waals surface area contributed by atoms with E-state index in [-0.39, 0.29) is 18.1 Å². The van der Waals surface area contributed by atoms with Crippen LogP contribution in [0.1, 0.15) is 74.7 Å². The fraction of sp³-hybridized carbons (Fsp3) is 0.952. The van der Waals surface area contributed by atoms with E-state index < -0.39 is 0 Å². The molecule has 0 aromatic rings. The van der Waals surface area contributed by atoms with Crippen molar-refractivity contribution in [3.05, 3.63) is 0 Å². The minimum atomic E-state index is 0.132. The molecule has 0 aromatic heterocycles. The summed E-state index contributed by atoms with van der Waals surface area (Å²) in [7, 11) is 0. The molecule has 24 heavy (non-hydrogen) atoms. The predicted molar refractivity (Wildman–Crippen MR) is 99.8 cm³/mol. The molecule has 2 aliphatic rings. The van der Waals surface area contributed by atoms with Crippen molar-refractivity contribution in [2.75, 3.05) is 0 Å². The molecule has 3 heteroatoms. The Morgan fingerprint density at radius 3 is 1.96 bits per heavy atom. The topological polar surface area (TPSA) is 29.5 Å². The summed E-state index contributed by atoms with van der Waals surface area (Å²) in [6.45, 7) is 17.8. The minimum absolute atomic E-state index is 0.132. The van der Waals surface area contributed by atoms with Gasteiger partial charge in [0.15, 0.2) is 0 Å². The maximum atomic E-state index is 13.7. The molecule has 140 valence electrons. The molecule has 5 unspecified atom stereocenters. The van der Waals surface area contributed by atoms with Crippen LogP contribution in [0.2, 0.25) is 0 Å². The first-order valence-corrected chi connectivity index (χ1v) is 10.1. The van der Waals surface area contributed by atoms with Gasteiger partial charge >= 0.3 is 0 Å². The van der Waals surface area contributed by atoms with Gasteiger partial charge in [-0.25, -0.2) is 0 Å². The Balaban J connectivity index is 2.25. The number of carbonyl (C=O) groups excluding carboxylic acids is 1. The molecule has 2 aliphatic heterocycles. The number of rotatable bonds is 4. The normalized spacial score (nSPS) is 38.8. The number of carbonyl (C=O) groups is 1. The van der Waals surface area contributed by atoms with Crippen LogP contribution in [-0.2, 0) is 9.53 Å². The van der Waals surface area contributed by atoms with E-state index >= 15 is 0 Å². The van der Waals surface area contributed by atoms with Gasteiger partial charge in [0.05, 0.1) is 12.2 Å². The van der Waals surface area contributed by atoms with E-state index in [4.69, 9.17) is 4.74 Å². The van der Waals surface area contributed by atoms with E-state index in [2.05, 4.69) is 60.3 Å². The lowest BCUT2D eigenvalue weighted by molar-refractivity contribution is -0.147. The summed E-state index contributed by atoms with van der Waals surface area (Å²) < 4.78 is 5.92. The Morgan fingerprint density at radius 2 is 1.50 bits per heavy atom. The molecule has 2 heterocycles. The first-order chi connectivity index (χ1) is 11.1. The zero-order valence-corrected chi connectivity index (χ0v) is 17.1. The van der Waals surface area contributed by atoms with Crippen LogP contribution in [0.25, 0.3) is 0 Å². The summed E-state index contributed by atoms with van der Waals surface area (Å²) >= 11 is 0. The molecule has 0 aliphatic carbocycles. The quantitative estimate of drug-likeness (QED) is 0.741. The maximum Gasteiger partial charge on any atom is 0.226 e. The molecule has 2 rings (SSSR count).